The van der Waals surface area contributed by atoms with Crippen molar-refractivity contribution in [3.8, 4) is 0 Å². The second-order valence-corrected chi connectivity index (χ2v) is 13.4. The summed E-state index contributed by atoms with van der Waals surface area (Å²) in [4.78, 5) is 29.4. The third-order valence-electron chi connectivity index (χ3n) is 9.62. The predicted molar refractivity (Wildman–Crippen MR) is 175 cm³/mol. The normalized spacial score (nSPS) is 32.9. The average Bonchev–Trinajstić information content (AvgIpc) is 3.88. The van der Waals surface area contributed by atoms with Crippen LogP contribution in [0, 0.1) is 5.82 Å². The van der Waals surface area contributed by atoms with E-state index in [1.165, 1.54) is 34.8 Å². The lowest BCUT2D eigenvalue weighted by atomic mass is 9.97. The highest BCUT2D eigenvalue weighted by molar-refractivity contribution is 5.83. The van der Waals surface area contributed by atoms with Gasteiger partial charge >= 0.3 is 12.1 Å². The number of ether oxygens (including phenoxy) is 6. The minimum atomic E-state index is -1.80. The van der Waals surface area contributed by atoms with Gasteiger partial charge in [-0.2, -0.15) is 0 Å². The van der Waals surface area contributed by atoms with Crippen LogP contribution >= 0.6 is 0 Å². The van der Waals surface area contributed by atoms with Gasteiger partial charge in [-0.3, -0.25) is 4.79 Å². The second-order valence-electron chi connectivity index (χ2n) is 13.4. The number of aromatic nitrogens is 4. The van der Waals surface area contributed by atoms with Crippen LogP contribution < -0.4 is 0 Å². The van der Waals surface area contributed by atoms with Crippen LogP contribution in [-0.2, 0) is 52.8 Å². The van der Waals surface area contributed by atoms with Crippen molar-refractivity contribution in [1.29, 1.82) is 0 Å². The monoisotopic (exact) mass is 769 g/mol. The van der Waals surface area contributed by atoms with Gasteiger partial charge in [0.2, 0.25) is 0 Å². The molecule has 12 atom stereocenters. The van der Waals surface area contributed by atoms with E-state index in [1.54, 1.807) is 12.3 Å². The van der Waals surface area contributed by atoms with Gasteiger partial charge in [-0.1, -0.05) is 5.21 Å². The Morgan fingerprint density at radius 1 is 1.00 bits per heavy atom. The number of esters is 1. The summed E-state index contributed by atoms with van der Waals surface area (Å²) in [5, 5.41) is 80.0. The maximum Gasteiger partial charge on any atom is 0.410 e. The van der Waals surface area contributed by atoms with Crippen LogP contribution in [-0.4, -0.2) is 173 Å². The molecular weight excluding hydrogens is 725 g/mol. The molecule has 298 valence electrons. The molecule has 0 aliphatic carbocycles. The summed E-state index contributed by atoms with van der Waals surface area (Å²) >= 11 is 0. The van der Waals surface area contributed by atoms with Crippen molar-refractivity contribution < 1.29 is 78.1 Å². The maximum absolute atomic E-state index is 13.7. The lowest BCUT2D eigenvalue weighted by molar-refractivity contribution is -0.360. The first-order chi connectivity index (χ1) is 25.9. The van der Waals surface area contributed by atoms with Crippen molar-refractivity contribution in [2.75, 3.05) is 26.4 Å². The number of H-pyrrole nitrogens is 1. The van der Waals surface area contributed by atoms with E-state index in [0.29, 0.717) is 18.4 Å². The number of carbonyl (C=O) groups excluding carboxylic acids is 2. The number of carbonyl (C=O) groups is 2. The van der Waals surface area contributed by atoms with Crippen molar-refractivity contribution in [1.82, 2.24) is 24.9 Å². The molecule has 3 aliphatic rings. The van der Waals surface area contributed by atoms with E-state index < -0.39 is 92.8 Å². The fraction of sp³-hybridized carbons (Fsp3) is 0.636. The summed E-state index contributed by atoms with van der Waals surface area (Å²) in [5.74, 6) is -0.850. The van der Waals surface area contributed by atoms with Gasteiger partial charge in [0.15, 0.2) is 12.6 Å². The first-order valence-electron chi connectivity index (χ1n) is 17.3. The molecule has 0 saturated carbocycles. The maximum atomic E-state index is 13.7. The molecule has 2 aromatic heterocycles. The fourth-order valence-electron chi connectivity index (χ4n) is 6.88. The van der Waals surface area contributed by atoms with E-state index in [1.807, 2.05) is 0 Å². The van der Waals surface area contributed by atoms with Gasteiger partial charge in [0.25, 0.3) is 0 Å². The fourth-order valence-corrected chi connectivity index (χ4v) is 6.88. The number of halogens is 1. The highest BCUT2D eigenvalue weighted by Gasteiger charge is 2.50. The lowest BCUT2D eigenvalue weighted by Gasteiger charge is -2.45. The molecule has 3 fully saturated rings. The Morgan fingerprint density at radius 2 is 1.74 bits per heavy atom. The van der Waals surface area contributed by atoms with Crippen molar-refractivity contribution in [3.05, 3.63) is 47.7 Å². The average molecular weight is 770 g/mol. The molecule has 1 aromatic carbocycles. The third-order valence-corrected chi connectivity index (χ3v) is 9.62. The number of aliphatic hydroxyl groups excluding tert-OH is 7. The number of rotatable bonds is 13. The molecule has 0 spiro atoms. The zero-order chi connectivity index (χ0) is 38.7. The Morgan fingerprint density at radius 3 is 2.48 bits per heavy atom. The molecule has 6 rings (SSSR count). The smallest absolute Gasteiger partial charge is 0.410 e. The molecule has 1 amide bonds. The summed E-state index contributed by atoms with van der Waals surface area (Å²) in [5.41, 5.74) is 1.76. The largest absolute Gasteiger partial charge is 0.461 e. The molecule has 3 aromatic rings. The Bertz CT molecular complexity index is 1730. The van der Waals surface area contributed by atoms with Crippen molar-refractivity contribution in [2.24, 2.45) is 0 Å². The molecule has 3 saturated heterocycles. The molecule has 0 bridgehead atoms. The SMILES string of the molecule is CC(=O)O[C@H]1C[C@@H](Cc2c[nH]c3cc(F)ccc23)N(C(=O)OCCn2cc(CO[C@@H]3OC(CO)[C@@H](O[C@@H]4OC(CO)[C@H](O)[C@H](O)C4O)[C@H](O)C3O)nn2)C1. The van der Waals surface area contributed by atoms with E-state index in [-0.39, 0.29) is 43.9 Å². The topological polar surface area (TPSA) is 281 Å². The molecule has 3 aliphatic heterocycles. The summed E-state index contributed by atoms with van der Waals surface area (Å²) in [6, 6.07) is 4.04. The van der Waals surface area contributed by atoms with E-state index >= 15 is 0 Å². The Labute approximate surface area is 306 Å². The van der Waals surface area contributed by atoms with Crippen molar-refractivity contribution in [2.45, 2.75) is 106 Å². The van der Waals surface area contributed by atoms with Gasteiger partial charge in [-0.05, 0) is 30.2 Å². The summed E-state index contributed by atoms with van der Waals surface area (Å²) in [6.45, 7) is -0.283. The second kappa shape index (κ2) is 17.3. The highest BCUT2D eigenvalue weighted by Crippen LogP contribution is 2.31. The van der Waals surface area contributed by atoms with Gasteiger partial charge in [0.1, 0.15) is 73.1 Å². The summed E-state index contributed by atoms with van der Waals surface area (Å²) in [7, 11) is 0. The van der Waals surface area contributed by atoms with Gasteiger partial charge in [0.05, 0.1) is 39.1 Å². The Balaban J connectivity index is 0.991. The zero-order valence-electron chi connectivity index (χ0n) is 29.0. The highest BCUT2D eigenvalue weighted by atomic mass is 19.1. The number of aromatic amines is 1. The number of aliphatic hydroxyl groups is 7. The van der Waals surface area contributed by atoms with Gasteiger partial charge < -0.3 is 74.1 Å². The molecule has 8 N–H and O–H groups in total. The Kier molecular flexibility index (Phi) is 12.7. The minimum absolute atomic E-state index is 0.0963. The summed E-state index contributed by atoms with van der Waals surface area (Å²) in [6.07, 6.45) is -13.0. The first kappa shape index (κ1) is 39.8. The summed E-state index contributed by atoms with van der Waals surface area (Å²) < 4.78 is 48.1. The van der Waals surface area contributed by atoms with Crippen LogP contribution in [0.5, 0.6) is 0 Å². The van der Waals surface area contributed by atoms with Crippen molar-refractivity contribution in [3.63, 3.8) is 0 Å². The molecule has 20 nitrogen and oxygen atoms in total. The molecule has 21 heteroatoms. The number of hydrogen-bond donors (Lipinski definition) is 8. The molecule has 5 heterocycles. The number of nitrogens with one attached hydrogen (secondary N) is 1. The standard InChI is InChI=1S/C33H44FN5O15/c1-15(42)51-20-8-19(6-16-9-35-22-7-17(34)2-3-21(16)22)39(11-20)33(48)49-5-4-38-10-18(36-37-38)14-50-31-29(47)27(45)30(24(13-41)53-31)54-32-28(46)26(44)25(43)23(12-40)52-32/h2-3,7,9-10,19-20,23-32,35,40-41,43-47H,4-6,8,11-14H2,1H3/t19-,20+,23?,24?,25+,26+,27-,28?,29?,30-,31-,32+/m1/s1. The van der Waals surface area contributed by atoms with Crippen LogP contribution in [0.25, 0.3) is 10.9 Å². The molecule has 0 radical (unpaired) electrons. The van der Waals surface area contributed by atoms with Gasteiger partial charge in [0, 0.05) is 36.5 Å². The van der Waals surface area contributed by atoms with Crippen LogP contribution in [0.2, 0.25) is 0 Å². The van der Waals surface area contributed by atoms with Gasteiger partial charge in [-0.25, -0.2) is 13.9 Å². The number of likely N-dealkylation sites (tertiary alicyclic amines) is 1. The number of fused-ring (bicyclic) bond motifs is 1. The molecule has 4 unspecified atom stereocenters. The van der Waals surface area contributed by atoms with Crippen molar-refractivity contribution >= 4 is 23.0 Å². The number of hydrogen-bond acceptors (Lipinski definition) is 17. The molecular formula is C33H44FN5O15. The van der Waals surface area contributed by atoms with E-state index in [9.17, 15) is 49.7 Å². The quantitative estimate of drug-likeness (QED) is 0.0829. The van der Waals surface area contributed by atoms with E-state index in [4.69, 9.17) is 28.4 Å². The Hall–Kier alpha value is -3.87. The number of nitrogens with zero attached hydrogens (tertiary/aromatic N) is 4. The zero-order valence-corrected chi connectivity index (χ0v) is 29.0. The number of benzene rings is 1. The van der Waals surface area contributed by atoms with Crippen LogP contribution in [0.15, 0.2) is 30.6 Å². The van der Waals surface area contributed by atoms with Crippen LogP contribution in [0.4, 0.5) is 9.18 Å². The van der Waals surface area contributed by atoms with E-state index in [2.05, 4.69) is 15.3 Å². The first-order valence-corrected chi connectivity index (χ1v) is 17.3. The van der Waals surface area contributed by atoms with Crippen LogP contribution in [0.3, 0.4) is 0 Å². The lowest BCUT2D eigenvalue weighted by Crippen LogP contribution is -2.64. The predicted octanol–water partition coefficient (Wildman–Crippen LogP) is -2.58. The number of amides is 1. The third kappa shape index (κ3) is 8.81. The van der Waals surface area contributed by atoms with Crippen LogP contribution in [0.1, 0.15) is 24.6 Å². The van der Waals surface area contributed by atoms with E-state index in [0.717, 1.165) is 10.9 Å². The molecule has 54 heavy (non-hydrogen) atoms. The minimum Gasteiger partial charge on any atom is -0.461 e. The van der Waals surface area contributed by atoms with Gasteiger partial charge in [-0.15, -0.1) is 5.10 Å².